The largest absolute Gasteiger partial charge is 0.452 e. The Morgan fingerprint density at radius 3 is 2.29 bits per heavy atom. The Labute approximate surface area is 164 Å². The van der Waals surface area contributed by atoms with Gasteiger partial charge in [0.15, 0.2) is 6.61 Å². The summed E-state index contributed by atoms with van der Waals surface area (Å²) in [6.07, 6.45) is 0. The van der Waals surface area contributed by atoms with Crippen molar-refractivity contribution < 1.29 is 14.3 Å². The zero-order valence-electron chi connectivity index (χ0n) is 16.0. The molecule has 28 heavy (non-hydrogen) atoms. The number of nitrogens with zero attached hydrogens (tertiary/aromatic N) is 2. The molecule has 0 saturated carbocycles. The Bertz CT molecular complexity index is 969. The highest BCUT2D eigenvalue weighted by Gasteiger charge is 2.30. The van der Waals surface area contributed by atoms with Crippen LogP contribution in [0.3, 0.4) is 0 Å². The van der Waals surface area contributed by atoms with Gasteiger partial charge in [-0.05, 0) is 30.5 Å². The average Bonchev–Trinajstić information content (AvgIpc) is 2.71. The Morgan fingerprint density at radius 2 is 1.68 bits per heavy atom. The topological polar surface area (TPSA) is 103 Å². The van der Waals surface area contributed by atoms with Crippen molar-refractivity contribution in [3.8, 4) is 23.3 Å². The number of benzene rings is 2. The molecule has 6 nitrogen and oxygen atoms in total. The minimum absolute atomic E-state index is 0.111. The van der Waals surface area contributed by atoms with Crippen molar-refractivity contribution in [3.63, 3.8) is 0 Å². The normalized spacial score (nSPS) is 12.4. The molecule has 1 N–H and O–H groups in total. The fraction of sp³-hybridized carbons (Fsp3) is 0.273. The van der Waals surface area contributed by atoms with Crippen molar-refractivity contribution in [1.82, 2.24) is 5.32 Å². The van der Waals surface area contributed by atoms with Crippen molar-refractivity contribution in [2.45, 2.75) is 26.3 Å². The van der Waals surface area contributed by atoms with Gasteiger partial charge in [0, 0.05) is 5.56 Å². The monoisotopic (exact) mass is 375 g/mol. The van der Waals surface area contributed by atoms with Gasteiger partial charge < -0.3 is 10.1 Å². The number of hydrogen-bond acceptors (Lipinski definition) is 5. The molecule has 0 heterocycles. The van der Waals surface area contributed by atoms with Gasteiger partial charge in [0.2, 0.25) is 0 Å². The highest BCUT2D eigenvalue weighted by molar-refractivity contribution is 5.99. The Kier molecular flexibility index (Phi) is 6.52. The average molecular weight is 375 g/mol. The zero-order chi connectivity index (χ0) is 20.7. The first-order valence-electron chi connectivity index (χ1n) is 8.80. The lowest BCUT2D eigenvalue weighted by molar-refractivity contribution is -0.125. The molecule has 0 aliphatic heterocycles. The van der Waals surface area contributed by atoms with Gasteiger partial charge in [-0.3, -0.25) is 4.79 Å². The van der Waals surface area contributed by atoms with E-state index in [0.717, 1.165) is 0 Å². The zero-order valence-corrected chi connectivity index (χ0v) is 16.0. The van der Waals surface area contributed by atoms with Crippen LogP contribution in [0.1, 0.15) is 36.7 Å². The number of carbonyl (C=O) groups is 2. The van der Waals surface area contributed by atoms with Gasteiger partial charge in [-0.25, -0.2) is 4.79 Å². The lowest BCUT2D eigenvalue weighted by Gasteiger charge is -2.27. The first kappa shape index (κ1) is 20.7. The van der Waals surface area contributed by atoms with Crippen LogP contribution in [0.15, 0.2) is 48.5 Å². The molecule has 0 aliphatic rings. The molecule has 2 aromatic rings. The van der Waals surface area contributed by atoms with Gasteiger partial charge in [-0.2, -0.15) is 10.5 Å². The quantitative estimate of drug-likeness (QED) is 0.779. The first-order valence-corrected chi connectivity index (χ1v) is 8.80. The summed E-state index contributed by atoms with van der Waals surface area (Å²) in [4.78, 5) is 24.7. The molecule has 0 spiro atoms. The van der Waals surface area contributed by atoms with Crippen LogP contribution in [0.2, 0.25) is 0 Å². The predicted molar refractivity (Wildman–Crippen MR) is 104 cm³/mol. The third-order valence-electron chi connectivity index (χ3n) is 4.61. The molecule has 1 atom stereocenters. The van der Waals surface area contributed by atoms with Crippen LogP contribution in [0.4, 0.5) is 0 Å². The molecule has 6 heteroatoms. The van der Waals surface area contributed by atoms with E-state index in [1.807, 2.05) is 13.8 Å². The smallest absolute Gasteiger partial charge is 0.339 e. The van der Waals surface area contributed by atoms with E-state index in [1.165, 1.54) is 0 Å². The van der Waals surface area contributed by atoms with Crippen LogP contribution in [0, 0.1) is 28.6 Å². The summed E-state index contributed by atoms with van der Waals surface area (Å²) in [6, 6.07) is 17.9. The number of amides is 1. The number of nitrogens with one attached hydrogen (secondary N) is 1. The van der Waals surface area contributed by atoms with E-state index in [4.69, 9.17) is 4.74 Å². The van der Waals surface area contributed by atoms with E-state index in [2.05, 4.69) is 17.5 Å². The molecule has 1 amide bonds. The third-order valence-corrected chi connectivity index (χ3v) is 4.61. The van der Waals surface area contributed by atoms with Gasteiger partial charge in [-0.1, -0.05) is 50.2 Å². The van der Waals surface area contributed by atoms with Gasteiger partial charge in [0.1, 0.15) is 5.54 Å². The molecular weight excluding hydrogens is 354 g/mol. The fourth-order valence-corrected chi connectivity index (χ4v) is 2.55. The van der Waals surface area contributed by atoms with Crippen molar-refractivity contribution >= 4 is 11.9 Å². The maximum atomic E-state index is 12.6. The Hall–Kier alpha value is -3.64. The molecule has 142 valence electrons. The van der Waals surface area contributed by atoms with E-state index >= 15 is 0 Å². The van der Waals surface area contributed by atoms with Crippen LogP contribution in [-0.4, -0.2) is 24.0 Å². The highest BCUT2D eigenvalue weighted by atomic mass is 16.5. The highest BCUT2D eigenvalue weighted by Crippen LogP contribution is 2.27. The predicted octanol–water partition coefficient (Wildman–Crippen LogP) is 3.44. The first-order chi connectivity index (χ1) is 13.3. The van der Waals surface area contributed by atoms with Crippen molar-refractivity contribution in [2.75, 3.05) is 6.61 Å². The minimum atomic E-state index is -1.05. The third kappa shape index (κ3) is 4.55. The molecule has 2 rings (SSSR count). The van der Waals surface area contributed by atoms with Crippen LogP contribution in [-0.2, 0) is 9.53 Å². The van der Waals surface area contributed by atoms with Crippen LogP contribution < -0.4 is 5.32 Å². The SMILES string of the molecule is CC(C)C(C)(C#N)NC(=O)COC(=O)c1ccccc1-c1ccccc1C#N. The van der Waals surface area contributed by atoms with E-state index in [0.29, 0.717) is 16.7 Å². The van der Waals surface area contributed by atoms with Crippen LogP contribution in [0.25, 0.3) is 11.1 Å². The van der Waals surface area contributed by atoms with Crippen LogP contribution >= 0.6 is 0 Å². The van der Waals surface area contributed by atoms with Gasteiger partial charge >= 0.3 is 5.97 Å². The molecule has 1 unspecified atom stereocenters. The maximum Gasteiger partial charge on any atom is 0.339 e. The maximum absolute atomic E-state index is 12.6. The lowest BCUT2D eigenvalue weighted by atomic mass is 9.90. The second-order valence-corrected chi connectivity index (χ2v) is 6.80. The Balaban J connectivity index is 2.18. The van der Waals surface area contributed by atoms with E-state index in [1.54, 1.807) is 55.5 Å². The van der Waals surface area contributed by atoms with Gasteiger partial charge in [-0.15, -0.1) is 0 Å². The molecule has 0 fully saturated rings. The molecule has 0 aliphatic carbocycles. The van der Waals surface area contributed by atoms with E-state index < -0.39 is 24.0 Å². The molecular formula is C22H21N3O3. The van der Waals surface area contributed by atoms with E-state index in [-0.39, 0.29) is 11.5 Å². The van der Waals surface area contributed by atoms with Crippen molar-refractivity contribution in [3.05, 3.63) is 59.7 Å². The number of ether oxygens (including phenoxy) is 1. The summed E-state index contributed by atoms with van der Waals surface area (Å²) in [5.74, 6) is -1.34. The molecule has 0 saturated heterocycles. The lowest BCUT2D eigenvalue weighted by Crippen LogP contribution is -2.50. The van der Waals surface area contributed by atoms with Gasteiger partial charge in [0.25, 0.3) is 5.91 Å². The Morgan fingerprint density at radius 1 is 1.07 bits per heavy atom. The summed E-state index contributed by atoms with van der Waals surface area (Å²) in [5, 5.41) is 21.2. The number of rotatable bonds is 6. The van der Waals surface area contributed by atoms with Crippen molar-refractivity contribution in [2.24, 2.45) is 5.92 Å². The summed E-state index contributed by atoms with van der Waals surface area (Å²) >= 11 is 0. The number of esters is 1. The summed E-state index contributed by atoms with van der Waals surface area (Å²) < 4.78 is 5.15. The number of nitriles is 2. The fourth-order valence-electron chi connectivity index (χ4n) is 2.55. The molecule has 0 radical (unpaired) electrons. The minimum Gasteiger partial charge on any atom is -0.452 e. The molecule has 2 aromatic carbocycles. The standard InChI is InChI=1S/C22H21N3O3/c1-15(2)22(3,14-24)25-20(26)13-28-21(27)19-11-7-6-10-18(19)17-9-5-4-8-16(17)12-23/h4-11,15H,13H2,1-3H3,(H,25,26). The van der Waals surface area contributed by atoms with Crippen LogP contribution in [0.5, 0.6) is 0 Å². The number of hydrogen-bond donors (Lipinski definition) is 1. The second-order valence-electron chi connectivity index (χ2n) is 6.80. The van der Waals surface area contributed by atoms with Gasteiger partial charge in [0.05, 0.1) is 23.3 Å². The van der Waals surface area contributed by atoms with E-state index in [9.17, 15) is 20.1 Å². The summed E-state index contributed by atoms with van der Waals surface area (Å²) in [7, 11) is 0. The molecule has 0 bridgehead atoms. The summed E-state index contributed by atoms with van der Waals surface area (Å²) in [5.41, 5.74) is 0.799. The number of carbonyl (C=O) groups excluding carboxylic acids is 2. The van der Waals surface area contributed by atoms with Crippen molar-refractivity contribution in [1.29, 1.82) is 10.5 Å². The summed E-state index contributed by atoms with van der Waals surface area (Å²) in [6.45, 7) is 4.75. The molecule has 0 aromatic heterocycles. The second kappa shape index (κ2) is 8.83.